The number of benzene rings is 1. The number of ketones is 1. The molecular weight excluding hydrogens is 382 g/mol. The van der Waals surface area contributed by atoms with Crippen LogP contribution < -0.4 is 4.90 Å². The monoisotopic (exact) mass is 425 g/mol. The Morgan fingerprint density at radius 2 is 1.74 bits per heavy atom. The smallest absolute Gasteiger partial charge is 0.143 e. The molecule has 0 bridgehead atoms. The van der Waals surface area contributed by atoms with Gasteiger partial charge in [-0.3, -0.25) is 4.79 Å². The molecule has 3 aliphatic rings. The Bertz CT molecular complexity index is 695. The number of carbonyl (C=O) groups is 1. The molecule has 1 saturated carbocycles. The fraction of sp³-hybridized carbons (Fsp3) is 0.704. The van der Waals surface area contributed by atoms with Gasteiger partial charge >= 0.3 is 0 Å². The van der Waals surface area contributed by atoms with E-state index >= 15 is 0 Å². The molecule has 4 heteroatoms. The van der Waals surface area contributed by atoms with Crippen LogP contribution in [-0.4, -0.2) is 43.4 Å². The summed E-state index contributed by atoms with van der Waals surface area (Å²) in [7, 11) is 0. The van der Waals surface area contributed by atoms with Gasteiger partial charge in [-0.25, -0.2) is 0 Å². The molecule has 0 radical (unpaired) electrons. The number of rotatable bonds is 4. The Labute approximate surface area is 190 Å². The van der Waals surface area contributed by atoms with E-state index in [1.165, 1.54) is 103 Å². The SMILES string of the molecule is CC(=O)CC#N.CCC1CCCCC1.CCN1CCN(c2cccc3c2CCC3)CC1. The zero-order chi connectivity index (χ0) is 22.5. The predicted molar refractivity (Wildman–Crippen MR) is 131 cm³/mol. The molecule has 1 aromatic carbocycles. The van der Waals surface area contributed by atoms with Crippen LogP contribution >= 0.6 is 0 Å². The molecule has 2 fully saturated rings. The van der Waals surface area contributed by atoms with E-state index in [-0.39, 0.29) is 12.2 Å². The first kappa shape index (κ1) is 25.4. The van der Waals surface area contributed by atoms with Crippen molar-refractivity contribution < 1.29 is 4.79 Å². The van der Waals surface area contributed by atoms with Crippen LogP contribution in [0.3, 0.4) is 0 Å². The quantitative estimate of drug-likeness (QED) is 0.613. The molecule has 31 heavy (non-hydrogen) atoms. The Morgan fingerprint density at radius 1 is 1.03 bits per heavy atom. The Balaban J connectivity index is 0.000000203. The van der Waals surface area contributed by atoms with Crippen molar-refractivity contribution in [3.8, 4) is 6.07 Å². The summed E-state index contributed by atoms with van der Waals surface area (Å²) < 4.78 is 0. The number of anilines is 1. The zero-order valence-electron chi connectivity index (χ0n) is 20.2. The Morgan fingerprint density at radius 3 is 2.26 bits per heavy atom. The predicted octanol–water partition coefficient (Wildman–Crippen LogP) is 5.78. The van der Waals surface area contributed by atoms with Crippen LogP contribution in [-0.2, 0) is 17.6 Å². The first-order valence-electron chi connectivity index (χ1n) is 12.5. The molecule has 1 aromatic rings. The molecule has 1 saturated heterocycles. The molecule has 1 aliphatic heterocycles. The zero-order valence-corrected chi connectivity index (χ0v) is 20.2. The van der Waals surface area contributed by atoms with Crippen molar-refractivity contribution in [1.82, 2.24) is 4.90 Å². The fourth-order valence-corrected chi connectivity index (χ4v) is 4.91. The van der Waals surface area contributed by atoms with Gasteiger partial charge in [-0.1, -0.05) is 64.5 Å². The average Bonchev–Trinajstić information content (AvgIpc) is 3.29. The molecule has 172 valence electrons. The maximum absolute atomic E-state index is 9.82. The van der Waals surface area contributed by atoms with Crippen molar-refractivity contribution >= 4 is 11.5 Å². The van der Waals surface area contributed by atoms with Crippen LogP contribution in [0.15, 0.2) is 18.2 Å². The van der Waals surface area contributed by atoms with Gasteiger partial charge in [-0.2, -0.15) is 5.26 Å². The molecule has 4 nitrogen and oxygen atoms in total. The highest BCUT2D eigenvalue weighted by Crippen LogP contribution is 2.31. The minimum atomic E-state index is -0.0718. The number of piperazine rings is 1. The number of fused-ring (bicyclic) bond motifs is 1. The van der Waals surface area contributed by atoms with E-state index in [9.17, 15) is 4.79 Å². The van der Waals surface area contributed by atoms with E-state index in [4.69, 9.17) is 5.26 Å². The highest BCUT2D eigenvalue weighted by Gasteiger charge is 2.21. The summed E-state index contributed by atoms with van der Waals surface area (Å²) in [6.45, 7) is 12.0. The van der Waals surface area contributed by atoms with Gasteiger partial charge in [0.15, 0.2) is 0 Å². The number of hydrogen-bond acceptors (Lipinski definition) is 4. The number of carbonyl (C=O) groups excluding carboxylic acids is 1. The second-order valence-corrected chi connectivity index (χ2v) is 9.14. The summed E-state index contributed by atoms with van der Waals surface area (Å²) in [6, 6.07) is 8.60. The van der Waals surface area contributed by atoms with Crippen LogP contribution in [0.1, 0.15) is 83.3 Å². The van der Waals surface area contributed by atoms with E-state index < -0.39 is 0 Å². The Hall–Kier alpha value is -1.86. The number of hydrogen-bond donors (Lipinski definition) is 0. The minimum Gasteiger partial charge on any atom is -0.369 e. The molecule has 1 heterocycles. The standard InChI is InChI=1S/C15H22N2.C8H16.C4H5NO/c1-2-16-9-11-17(12-10-16)15-8-4-6-13-5-3-7-14(13)15;1-2-8-6-4-3-5-7-8;1-4(6)2-3-5/h4,6,8H,2-3,5,7,9-12H2,1H3;8H,2-7H2,1H3;2H2,1H3. The minimum absolute atomic E-state index is 0.0417. The van der Waals surface area contributed by atoms with Gasteiger partial charge in [-0.05, 0) is 55.8 Å². The summed E-state index contributed by atoms with van der Waals surface area (Å²) in [5.41, 5.74) is 4.76. The second kappa shape index (κ2) is 14.2. The van der Waals surface area contributed by atoms with Crippen LogP contribution in [0.5, 0.6) is 0 Å². The Kier molecular flexibility index (Phi) is 11.7. The summed E-state index contributed by atoms with van der Waals surface area (Å²) in [4.78, 5) is 15.0. The number of nitrogens with zero attached hydrogens (tertiary/aromatic N) is 3. The lowest BCUT2D eigenvalue weighted by Crippen LogP contribution is -2.46. The van der Waals surface area contributed by atoms with E-state index in [1.54, 1.807) is 17.2 Å². The highest BCUT2D eigenvalue weighted by molar-refractivity contribution is 5.77. The summed E-state index contributed by atoms with van der Waals surface area (Å²) in [5, 5.41) is 7.77. The average molecular weight is 426 g/mol. The third kappa shape index (κ3) is 8.65. The largest absolute Gasteiger partial charge is 0.369 e. The van der Waals surface area contributed by atoms with E-state index in [0.717, 1.165) is 5.92 Å². The number of nitriles is 1. The fourth-order valence-electron chi connectivity index (χ4n) is 4.91. The first-order valence-corrected chi connectivity index (χ1v) is 12.5. The highest BCUT2D eigenvalue weighted by atomic mass is 16.1. The summed E-state index contributed by atoms with van der Waals surface area (Å²) in [5.74, 6) is 1.02. The van der Waals surface area contributed by atoms with Crippen molar-refractivity contribution in [2.75, 3.05) is 37.6 Å². The topological polar surface area (TPSA) is 47.3 Å². The molecule has 0 unspecified atom stereocenters. The van der Waals surface area contributed by atoms with E-state index in [1.807, 2.05) is 0 Å². The van der Waals surface area contributed by atoms with Crippen molar-refractivity contribution in [2.45, 2.75) is 85.0 Å². The summed E-state index contributed by atoms with van der Waals surface area (Å²) >= 11 is 0. The van der Waals surface area contributed by atoms with Crippen molar-refractivity contribution in [3.05, 3.63) is 29.3 Å². The number of aryl methyl sites for hydroxylation is 1. The third-order valence-electron chi connectivity index (χ3n) is 6.91. The van der Waals surface area contributed by atoms with Crippen LogP contribution in [0.25, 0.3) is 0 Å². The van der Waals surface area contributed by atoms with Crippen molar-refractivity contribution in [2.24, 2.45) is 5.92 Å². The molecule has 4 rings (SSSR count). The molecule has 2 aliphatic carbocycles. The normalized spacial score (nSPS) is 18.7. The molecule has 0 N–H and O–H groups in total. The van der Waals surface area contributed by atoms with Gasteiger partial charge in [0.25, 0.3) is 0 Å². The van der Waals surface area contributed by atoms with Gasteiger partial charge in [0.1, 0.15) is 5.78 Å². The lowest BCUT2D eigenvalue weighted by molar-refractivity contribution is -0.116. The van der Waals surface area contributed by atoms with Gasteiger partial charge in [0, 0.05) is 31.9 Å². The van der Waals surface area contributed by atoms with E-state index in [2.05, 4.69) is 41.8 Å². The molecule has 0 spiro atoms. The van der Waals surface area contributed by atoms with Crippen molar-refractivity contribution in [1.29, 1.82) is 5.26 Å². The first-order chi connectivity index (χ1) is 15.1. The molecule has 0 aromatic heterocycles. The number of Topliss-reactive ketones (excluding diaryl/α,β-unsaturated/α-hetero) is 1. The molecular formula is C27H43N3O. The van der Waals surface area contributed by atoms with Gasteiger partial charge in [0.2, 0.25) is 0 Å². The van der Waals surface area contributed by atoms with Crippen LogP contribution in [0.4, 0.5) is 5.69 Å². The third-order valence-corrected chi connectivity index (χ3v) is 6.91. The van der Waals surface area contributed by atoms with Gasteiger partial charge in [-0.15, -0.1) is 0 Å². The molecule has 0 amide bonds. The van der Waals surface area contributed by atoms with Gasteiger partial charge < -0.3 is 9.80 Å². The van der Waals surface area contributed by atoms with E-state index in [0.29, 0.717) is 0 Å². The maximum Gasteiger partial charge on any atom is 0.143 e. The van der Waals surface area contributed by atoms with Crippen LogP contribution in [0.2, 0.25) is 0 Å². The van der Waals surface area contributed by atoms with Crippen LogP contribution in [0, 0.1) is 17.2 Å². The molecule has 0 atom stereocenters. The number of likely N-dealkylation sites (N-methyl/N-ethyl adjacent to an activating group) is 1. The lowest BCUT2D eigenvalue weighted by atomic mass is 9.88. The summed E-state index contributed by atoms with van der Waals surface area (Å²) in [6.07, 6.45) is 12.9. The second-order valence-electron chi connectivity index (χ2n) is 9.14. The van der Waals surface area contributed by atoms with Crippen molar-refractivity contribution in [3.63, 3.8) is 0 Å². The van der Waals surface area contributed by atoms with Gasteiger partial charge in [0.05, 0.1) is 12.5 Å². The maximum atomic E-state index is 9.82. The lowest BCUT2D eigenvalue weighted by Gasteiger charge is -2.36.